The minimum absolute atomic E-state index is 0.173. The highest BCUT2D eigenvalue weighted by Gasteiger charge is 2.17. The van der Waals surface area contributed by atoms with Crippen LogP contribution in [-0.4, -0.2) is 107 Å². The van der Waals surface area contributed by atoms with E-state index in [1.54, 1.807) is 0 Å². The zero-order valence-electron chi connectivity index (χ0n) is 48.4. The lowest BCUT2D eigenvalue weighted by molar-refractivity contribution is -0.159. The summed E-state index contributed by atoms with van der Waals surface area (Å²) in [7, 11) is 0. The number of esters is 2. The van der Waals surface area contributed by atoms with Crippen molar-refractivity contribution in [2.75, 3.05) is 65.8 Å². The van der Waals surface area contributed by atoms with Crippen LogP contribution in [0.3, 0.4) is 0 Å². The molecule has 0 radical (unpaired) electrons. The minimum atomic E-state index is -0.522. The van der Waals surface area contributed by atoms with E-state index in [-0.39, 0.29) is 30.6 Å². The van der Waals surface area contributed by atoms with Gasteiger partial charge in [0, 0.05) is 45.8 Å². The van der Waals surface area contributed by atoms with Gasteiger partial charge >= 0.3 is 18.0 Å². The van der Waals surface area contributed by atoms with Crippen LogP contribution in [0.5, 0.6) is 0 Å². The van der Waals surface area contributed by atoms with Gasteiger partial charge in [-0.25, -0.2) is 4.79 Å². The molecule has 72 heavy (non-hydrogen) atoms. The Bertz CT molecular complexity index is 1060. The van der Waals surface area contributed by atoms with Crippen LogP contribution in [0, 0.1) is 0 Å². The molecule has 12 nitrogen and oxygen atoms in total. The van der Waals surface area contributed by atoms with Gasteiger partial charge in [0.15, 0.2) is 12.6 Å². The largest absolute Gasteiger partial charge is 0.466 e. The number of amides is 1. The van der Waals surface area contributed by atoms with Crippen molar-refractivity contribution in [3.8, 4) is 0 Å². The third-order valence-electron chi connectivity index (χ3n) is 13.0. The first-order valence-electron chi connectivity index (χ1n) is 30.5. The van der Waals surface area contributed by atoms with Crippen molar-refractivity contribution >= 4 is 18.0 Å². The highest BCUT2D eigenvalue weighted by Crippen LogP contribution is 2.15. The van der Waals surface area contributed by atoms with Gasteiger partial charge < -0.3 is 43.4 Å². The number of carbonyl (C=O) groups is 3. The summed E-state index contributed by atoms with van der Waals surface area (Å²) in [5.41, 5.74) is -0.522. The number of ether oxygens (including phenoxy) is 7. The van der Waals surface area contributed by atoms with Crippen molar-refractivity contribution in [2.24, 2.45) is 0 Å². The fourth-order valence-electron chi connectivity index (χ4n) is 8.53. The third-order valence-corrected chi connectivity index (χ3v) is 13.0. The average Bonchev–Trinajstić information content (AvgIpc) is 3.35. The molecule has 0 aromatic heterocycles. The number of nitrogens with one attached hydrogen (secondary N) is 1. The van der Waals surface area contributed by atoms with Gasteiger partial charge in [-0.2, -0.15) is 0 Å². The molecular formula is C60H118N2O10. The summed E-state index contributed by atoms with van der Waals surface area (Å²) in [5, 5.41) is 2.90. The van der Waals surface area contributed by atoms with Gasteiger partial charge in [-0.1, -0.05) is 182 Å². The molecule has 0 saturated heterocycles. The van der Waals surface area contributed by atoms with Gasteiger partial charge in [-0.15, -0.1) is 0 Å². The maximum absolute atomic E-state index is 12.7. The molecule has 0 aliphatic rings. The molecule has 0 aliphatic heterocycles. The van der Waals surface area contributed by atoms with Crippen LogP contribution in [-0.2, 0) is 42.7 Å². The van der Waals surface area contributed by atoms with Gasteiger partial charge in [-0.05, 0) is 98.2 Å². The number of carbonyl (C=O) groups excluding carboxylic acids is 3. The lowest BCUT2D eigenvalue weighted by Crippen LogP contribution is -2.35. The van der Waals surface area contributed by atoms with E-state index in [1.165, 1.54) is 128 Å². The van der Waals surface area contributed by atoms with Crippen molar-refractivity contribution < 1.29 is 47.5 Å². The standard InChI is InChI=1S/C60H118N2O10/c1-8-12-16-20-26-36-51-68-57(69-52-37-27-21-17-13-9-2)43-41-55(63)66-49-34-30-24-32-46-62(48-40-45-61-59(65)72-60(5,6)7)47-33-25-31-35-50-67-56(64)42-44-58(70-53-38-28-22-18-14-10-3)71-54-39-29-23-19-15-11-4/h57-58H,8-54H2,1-7H3,(H,61,65). The van der Waals surface area contributed by atoms with E-state index in [0.717, 1.165) is 103 Å². The maximum Gasteiger partial charge on any atom is 0.407 e. The number of nitrogens with zero attached hydrogens (tertiary/aromatic N) is 1. The van der Waals surface area contributed by atoms with Crippen LogP contribution in [0.25, 0.3) is 0 Å². The average molecular weight is 1030 g/mol. The fraction of sp³-hybridized carbons (Fsp3) is 0.950. The predicted octanol–water partition coefficient (Wildman–Crippen LogP) is 16.1. The molecule has 0 bridgehead atoms. The van der Waals surface area contributed by atoms with Crippen LogP contribution in [0.4, 0.5) is 4.79 Å². The summed E-state index contributed by atoms with van der Waals surface area (Å²) in [5.74, 6) is -0.347. The number of rotatable bonds is 56. The Morgan fingerprint density at radius 1 is 0.389 bits per heavy atom. The molecular weight excluding hydrogens is 909 g/mol. The Morgan fingerprint density at radius 2 is 0.681 bits per heavy atom. The molecule has 0 atom stereocenters. The summed E-state index contributed by atoms with van der Waals surface area (Å²) in [6, 6.07) is 0. The van der Waals surface area contributed by atoms with Gasteiger partial charge in [0.05, 0.1) is 26.1 Å². The summed E-state index contributed by atoms with van der Waals surface area (Å²) in [4.78, 5) is 40.1. The van der Waals surface area contributed by atoms with E-state index >= 15 is 0 Å². The molecule has 12 heteroatoms. The first kappa shape index (κ1) is 70.0. The molecule has 0 unspecified atom stereocenters. The lowest BCUT2D eigenvalue weighted by atomic mass is 10.1. The molecule has 0 spiro atoms. The second-order valence-electron chi connectivity index (χ2n) is 21.4. The SMILES string of the molecule is CCCCCCCCOC(CCC(=O)OCCCCCCN(CCCCCCOC(=O)CCC(OCCCCCCCC)OCCCCCCCC)CCCNC(=O)OC(C)(C)C)OCCCCCCCC. The molecule has 0 saturated carbocycles. The van der Waals surface area contributed by atoms with Gasteiger partial charge in [0.25, 0.3) is 0 Å². The van der Waals surface area contributed by atoms with Gasteiger partial charge in [-0.3, -0.25) is 9.59 Å². The van der Waals surface area contributed by atoms with Crippen molar-refractivity contribution in [2.45, 2.75) is 304 Å². The number of hydrogen-bond acceptors (Lipinski definition) is 11. The van der Waals surface area contributed by atoms with E-state index in [2.05, 4.69) is 37.9 Å². The molecule has 1 N–H and O–H groups in total. The van der Waals surface area contributed by atoms with E-state index in [4.69, 9.17) is 33.2 Å². The quantitative estimate of drug-likeness (QED) is 0.0270. The molecule has 0 fully saturated rings. The third kappa shape index (κ3) is 52.9. The van der Waals surface area contributed by atoms with Crippen LogP contribution in [0.2, 0.25) is 0 Å². The fourth-order valence-corrected chi connectivity index (χ4v) is 8.53. The lowest BCUT2D eigenvalue weighted by Gasteiger charge is -2.23. The van der Waals surface area contributed by atoms with E-state index < -0.39 is 5.60 Å². The molecule has 1 amide bonds. The Balaban J connectivity index is 4.69. The number of unbranched alkanes of at least 4 members (excludes halogenated alkanes) is 26. The topological polar surface area (TPSA) is 131 Å². The molecule has 428 valence electrons. The van der Waals surface area contributed by atoms with Crippen LogP contribution in [0.15, 0.2) is 0 Å². The van der Waals surface area contributed by atoms with Crippen LogP contribution >= 0.6 is 0 Å². The van der Waals surface area contributed by atoms with Gasteiger partial charge in [0.2, 0.25) is 0 Å². The normalized spacial score (nSPS) is 11.9. The van der Waals surface area contributed by atoms with E-state index in [9.17, 15) is 14.4 Å². The first-order chi connectivity index (χ1) is 35.0. The maximum atomic E-state index is 12.7. The number of hydrogen-bond donors (Lipinski definition) is 1. The van der Waals surface area contributed by atoms with Crippen LogP contribution in [0.1, 0.15) is 286 Å². The molecule has 0 rings (SSSR count). The monoisotopic (exact) mass is 1030 g/mol. The summed E-state index contributed by atoms with van der Waals surface area (Å²) in [6.45, 7) is 21.6. The van der Waals surface area contributed by atoms with Gasteiger partial charge in [0.1, 0.15) is 5.60 Å². The van der Waals surface area contributed by atoms with Crippen molar-refractivity contribution in [3.63, 3.8) is 0 Å². The Kier molecular flexibility index (Phi) is 52.3. The molecule has 0 aromatic carbocycles. The Morgan fingerprint density at radius 3 is 1.01 bits per heavy atom. The Labute approximate surface area is 444 Å². The highest BCUT2D eigenvalue weighted by atomic mass is 16.7. The molecule has 0 aromatic rings. The predicted molar refractivity (Wildman–Crippen MR) is 298 cm³/mol. The highest BCUT2D eigenvalue weighted by molar-refractivity contribution is 5.69. The summed E-state index contributed by atoms with van der Waals surface area (Å²) >= 11 is 0. The minimum Gasteiger partial charge on any atom is -0.466 e. The van der Waals surface area contributed by atoms with Crippen molar-refractivity contribution in [1.29, 1.82) is 0 Å². The first-order valence-corrected chi connectivity index (χ1v) is 30.5. The second kappa shape index (κ2) is 53.8. The van der Waals surface area contributed by atoms with Crippen molar-refractivity contribution in [1.82, 2.24) is 10.2 Å². The van der Waals surface area contributed by atoms with E-state index in [0.29, 0.717) is 71.9 Å². The van der Waals surface area contributed by atoms with Crippen LogP contribution < -0.4 is 5.32 Å². The molecule has 0 aliphatic carbocycles. The Hall–Kier alpha value is -1.99. The zero-order chi connectivity index (χ0) is 52.9. The zero-order valence-corrected chi connectivity index (χ0v) is 48.4. The molecule has 0 heterocycles. The smallest absolute Gasteiger partial charge is 0.407 e. The summed E-state index contributed by atoms with van der Waals surface area (Å²) < 4.78 is 41.2. The van der Waals surface area contributed by atoms with Crippen molar-refractivity contribution in [3.05, 3.63) is 0 Å². The number of alkyl carbamates (subject to hydrolysis) is 1. The van der Waals surface area contributed by atoms with E-state index in [1.807, 2.05) is 20.8 Å². The second-order valence-corrected chi connectivity index (χ2v) is 21.4. The summed E-state index contributed by atoms with van der Waals surface area (Å²) in [6.07, 6.45) is 38.5.